The van der Waals surface area contributed by atoms with Gasteiger partial charge in [0.15, 0.2) is 5.96 Å². The third-order valence-corrected chi connectivity index (χ3v) is 5.17. The molecule has 2 aliphatic rings. The number of likely N-dealkylation sites (tertiary alicyclic amines) is 1. The number of carbonyl (C=O) groups excluding carboxylic acids is 1. The Hall–Kier alpha value is -0.610. The highest BCUT2D eigenvalue weighted by atomic mass is 127. The Morgan fingerprint density at radius 3 is 2.52 bits per heavy atom. The van der Waals surface area contributed by atoms with E-state index in [1.165, 1.54) is 0 Å². The highest BCUT2D eigenvalue weighted by molar-refractivity contribution is 14.0. The molecule has 0 spiro atoms. The first kappa shape index (κ1) is 24.4. The van der Waals surface area contributed by atoms with E-state index in [1.54, 1.807) is 0 Å². The minimum Gasteiger partial charge on any atom is -0.379 e. The van der Waals surface area contributed by atoms with Crippen LogP contribution in [0.15, 0.2) is 4.99 Å². The second-order valence-corrected chi connectivity index (χ2v) is 8.18. The molecule has 0 aromatic carbocycles. The summed E-state index contributed by atoms with van der Waals surface area (Å²) in [5.74, 6) is 1.15. The molecule has 1 amide bonds. The lowest BCUT2D eigenvalue weighted by Crippen LogP contribution is -2.52. The second kappa shape index (κ2) is 11.4. The van der Waals surface area contributed by atoms with E-state index >= 15 is 0 Å². The van der Waals surface area contributed by atoms with E-state index in [1.807, 2.05) is 18.7 Å². The number of aliphatic imine (C=N–C) groups is 1. The lowest BCUT2D eigenvalue weighted by molar-refractivity contribution is -0.133. The van der Waals surface area contributed by atoms with Gasteiger partial charge < -0.3 is 20.3 Å². The van der Waals surface area contributed by atoms with E-state index in [-0.39, 0.29) is 47.4 Å². The number of amides is 1. The molecule has 0 aromatic rings. The monoisotopic (exact) mass is 495 g/mol. The van der Waals surface area contributed by atoms with Crippen LogP contribution in [0.3, 0.4) is 0 Å². The summed E-state index contributed by atoms with van der Waals surface area (Å²) in [5, 5.41) is 6.86. The van der Waals surface area contributed by atoms with Crippen molar-refractivity contribution >= 4 is 35.8 Å². The van der Waals surface area contributed by atoms with Crippen molar-refractivity contribution in [2.24, 2.45) is 10.9 Å². The van der Waals surface area contributed by atoms with Gasteiger partial charge in [0.1, 0.15) is 0 Å². The van der Waals surface area contributed by atoms with Gasteiger partial charge in [0.25, 0.3) is 0 Å². The number of hydrogen-bond acceptors (Lipinski definition) is 4. The van der Waals surface area contributed by atoms with Gasteiger partial charge in [-0.1, -0.05) is 13.8 Å². The van der Waals surface area contributed by atoms with Crippen molar-refractivity contribution in [3.05, 3.63) is 0 Å². The van der Waals surface area contributed by atoms with Gasteiger partial charge in [-0.2, -0.15) is 0 Å². The molecule has 2 rings (SSSR count). The van der Waals surface area contributed by atoms with Crippen LogP contribution in [0.1, 0.15) is 41.0 Å². The molecular weight excluding hydrogens is 457 g/mol. The van der Waals surface area contributed by atoms with Crippen LogP contribution < -0.4 is 10.6 Å². The van der Waals surface area contributed by atoms with Crippen LogP contribution in [0.2, 0.25) is 0 Å². The normalized spacial score (nSPS) is 21.9. The number of guanidine groups is 1. The minimum atomic E-state index is 0. The highest BCUT2D eigenvalue weighted by Crippen LogP contribution is 2.17. The molecule has 2 saturated heterocycles. The Kier molecular flexibility index (Phi) is 10.3. The first-order valence-corrected chi connectivity index (χ1v) is 10.00. The molecule has 2 N–H and O–H groups in total. The molecule has 2 aliphatic heterocycles. The fraction of sp³-hybridized carbons (Fsp3) is 0.895. The van der Waals surface area contributed by atoms with Crippen molar-refractivity contribution in [3.63, 3.8) is 0 Å². The van der Waals surface area contributed by atoms with Crippen molar-refractivity contribution in [2.75, 3.05) is 52.5 Å². The average Bonchev–Trinajstić information content (AvgIpc) is 3.08. The van der Waals surface area contributed by atoms with E-state index in [0.717, 1.165) is 64.9 Å². The molecule has 0 aromatic heterocycles. The summed E-state index contributed by atoms with van der Waals surface area (Å²) < 4.78 is 5.46. The Balaban J connectivity index is 0.00000364. The van der Waals surface area contributed by atoms with Crippen molar-refractivity contribution in [2.45, 2.75) is 52.6 Å². The first-order valence-electron chi connectivity index (χ1n) is 10.00. The van der Waals surface area contributed by atoms with E-state index in [9.17, 15) is 4.79 Å². The van der Waals surface area contributed by atoms with Crippen LogP contribution >= 0.6 is 24.0 Å². The molecule has 0 radical (unpaired) electrons. The van der Waals surface area contributed by atoms with Gasteiger partial charge in [-0.25, -0.2) is 0 Å². The second-order valence-electron chi connectivity index (χ2n) is 8.18. The molecule has 0 bridgehead atoms. The Bertz CT molecular complexity index is 492. The van der Waals surface area contributed by atoms with Gasteiger partial charge in [0, 0.05) is 50.2 Å². The van der Waals surface area contributed by atoms with Crippen LogP contribution in [0.25, 0.3) is 0 Å². The molecule has 27 heavy (non-hydrogen) atoms. The number of morpholine rings is 1. The first-order chi connectivity index (χ1) is 12.3. The number of nitrogens with zero attached hydrogens (tertiary/aromatic N) is 3. The maximum Gasteiger partial charge on any atom is 0.225 e. The van der Waals surface area contributed by atoms with Gasteiger partial charge in [-0.05, 0) is 27.2 Å². The van der Waals surface area contributed by atoms with Crippen molar-refractivity contribution in [1.29, 1.82) is 0 Å². The Labute approximate surface area is 181 Å². The van der Waals surface area contributed by atoms with Crippen LogP contribution in [-0.2, 0) is 9.53 Å². The zero-order chi connectivity index (χ0) is 19.2. The summed E-state index contributed by atoms with van der Waals surface area (Å²) in [6.45, 7) is 17.1. The number of ether oxygens (including phenoxy) is 1. The number of rotatable bonds is 6. The predicted molar refractivity (Wildman–Crippen MR) is 121 cm³/mol. The SMILES string of the molecule is CCNC(=NCC(C)(C)N1CCOCC1)NC1CCN(C(=O)C(C)C)C1.I. The summed E-state index contributed by atoms with van der Waals surface area (Å²) in [6, 6.07) is 0.266. The molecule has 2 fully saturated rings. The van der Waals surface area contributed by atoms with E-state index in [4.69, 9.17) is 9.73 Å². The van der Waals surface area contributed by atoms with E-state index in [0.29, 0.717) is 0 Å². The van der Waals surface area contributed by atoms with Gasteiger partial charge in [0.2, 0.25) is 5.91 Å². The predicted octanol–water partition coefficient (Wildman–Crippen LogP) is 1.53. The zero-order valence-electron chi connectivity index (χ0n) is 17.6. The topological polar surface area (TPSA) is 69.2 Å². The van der Waals surface area contributed by atoms with Crippen LogP contribution in [0, 0.1) is 5.92 Å². The lowest BCUT2D eigenvalue weighted by Gasteiger charge is -2.40. The van der Waals surface area contributed by atoms with Gasteiger partial charge in [-0.3, -0.25) is 14.7 Å². The third-order valence-electron chi connectivity index (χ3n) is 5.17. The summed E-state index contributed by atoms with van der Waals surface area (Å²) >= 11 is 0. The van der Waals surface area contributed by atoms with E-state index < -0.39 is 0 Å². The molecule has 8 heteroatoms. The number of halogens is 1. The molecule has 1 atom stereocenters. The number of hydrogen-bond donors (Lipinski definition) is 2. The van der Waals surface area contributed by atoms with Gasteiger partial charge >= 0.3 is 0 Å². The quantitative estimate of drug-likeness (QED) is 0.333. The summed E-state index contributed by atoms with van der Waals surface area (Å²) in [6.07, 6.45) is 0.968. The smallest absolute Gasteiger partial charge is 0.225 e. The maximum atomic E-state index is 12.2. The minimum absolute atomic E-state index is 0. The van der Waals surface area contributed by atoms with Crippen LogP contribution in [-0.4, -0.2) is 85.7 Å². The standard InChI is InChI=1S/C19H37N5O2.HI/c1-6-20-18(21-14-19(4,5)24-9-11-26-12-10-24)22-16-7-8-23(13-16)17(25)15(2)3;/h15-16H,6-14H2,1-5H3,(H2,20,21,22);1H. The molecule has 158 valence electrons. The summed E-state index contributed by atoms with van der Waals surface area (Å²) in [7, 11) is 0. The molecule has 2 heterocycles. The maximum absolute atomic E-state index is 12.2. The summed E-state index contributed by atoms with van der Waals surface area (Å²) in [5.41, 5.74) is 0.00144. The molecule has 1 unspecified atom stereocenters. The Morgan fingerprint density at radius 1 is 1.26 bits per heavy atom. The number of nitrogens with one attached hydrogen (secondary N) is 2. The third kappa shape index (κ3) is 7.38. The average molecular weight is 495 g/mol. The molecule has 7 nitrogen and oxygen atoms in total. The van der Waals surface area contributed by atoms with E-state index in [2.05, 4.69) is 36.3 Å². The zero-order valence-corrected chi connectivity index (χ0v) is 19.9. The fourth-order valence-corrected chi connectivity index (χ4v) is 3.50. The van der Waals surface area contributed by atoms with Crippen LogP contribution in [0.4, 0.5) is 0 Å². The molecular formula is C19H38IN5O2. The van der Waals surface area contributed by atoms with Gasteiger partial charge in [0.05, 0.1) is 19.8 Å². The van der Waals surface area contributed by atoms with Crippen molar-refractivity contribution in [1.82, 2.24) is 20.4 Å². The van der Waals surface area contributed by atoms with Gasteiger partial charge in [-0.15, -0.1) is 24.0 Å². The molecule has 0 aliphatic carbocycles. The highest BCUT2D eigenvalue weighted by Gasteiger charge is 2.30. The van der Waals surface area contributed by atoms with Crippen molar-refractivity contribution in [3.8, 4) is 0 Å². The molecule has 0 saturated carbocycles. The lowest BCUT2D eigenvalue weighted by atomic mass is 10.0. The van der Waals surface area contributed by atoms with Crippen molar-refractivity contribution < 1.29 is 9.53 Å². The fourth-order valence-electron chi connectivity index (χ4n) is 3.50. The Morgan fingerprint density at radius 2 is 1.93 bits per heavy atom. The summed E-state index contributed by atoms with van der Waals surface area (Å²) in [4.78, 5) is 21.4. The largest absolute Gasteiger partial charge is 0.379 e. The van der Waals surface area contributed by atoms with Crippen LogP contribution in [0.5, 0.6) is 0 Å². The number of carbonyl (C=O) groups is 1.